The Balaban J connectivity index is 1.66. The monoisotopic (exact) mass is 336 g/mol. The van der Waals surface area contributed by atoms with Crippen molar-refractivity contribution in [3.8, 4) is 0 Å². The van der Waals surface area contributed by atoms with Crippen molar-refractivity contribution < 1.29 is 23.1 Å². The number of amides is 2. The third-order valence-electron chi connectivity index (χ3n) is 4.17. The first kappa shape index (κ1) is 16.4. The molecule has 1 aliphatic heterocycles. The molecule has 0 spiro atoms. The molecule has 5 nitrogen and oxygen atoms in total. The maximum Gasteiger partial charge on any atom is 0.322 e. The number of anilines is 1. The lowest BCUT2D eigenvalue weighted by atomic mass is 10.1. The van der Waals surface area contributed by atoms with Crippen LogP contribution in [-0.4, -0.2) is 28.6 Å². The lowest BCUT2D eigenvalue weighted by Gasteiger charge is -2.26. The van der Waals surface area contributed by atoms with Gasteiger partial charge in [0.2, 0.25) is 0 Å². The molecule has 128 valence electrons. The highest BCUT2D eigenvalue weighted by atomic mass is 19.1. The minimum Gasteiger partial charge on any atom is -0.467 e. The molecular formula is C17H18F2N2O3. The fraction of sp³-hybridized carbons (Fsp3) is 0.353. The first-order chi connectivity index (χ1) is 11.5. The molecule has 3 rings (SSSR count). The van der Waals surface area contributed by atoms with Crippen LogP contribution < -0.4 is 5.32 Å². The Kier molecular flexibility index (Phi) is 4.80. The lowest BCUT2D eigenvalue weighted by Crippen LogP contribution is -2.39. The number of aliphatic hydroxyl groups excluding tert-OH is 1. The molecule has 2 unspecified atom stereocenters. The van der Waals surface area contributed by atoms with Crippen LogP contribution in [0.15, 0.2) is 41.0 Å². The number of halogens is 2. The van der Waals surface area contributed by atoms with Gasteiger partial charge in [-0.3, -0.25) is 0 Å². The van der Waals surface area contributed by atoms with Gasteiger partial charge in [-0.25, -0.2) is 13.6 Å². The predicted molar refractivity (Wildman–Crippen MR) is 83.4 cm³/mol. The van der Waals surface area contributed by atoms with Gasteiger partial charge in [-0.1, -0.05) is 0 Å². The summed E-state index contributed by atoms with van der Waals surface area (Å²) in [5.41, 5.74) is -0.197. The molecule has 0 radical (unpaired) electrons. The highest BCUT2D eigenvalue weighted by molar-refractivity contribution is 5.89. The van der Waals surface area contributed by atoms with E-state index in [4.69, 9.17) is 4.42 Å². The third kappa shape index (κ3) is 3.56. The minimum absolute atomic E-state index is 0.193. The molecule has 2 N–H and O–H groups in total. The summed E-state index contributed by atoms with van der Waals surface area (Å²) in [5, 5.41) is 12.6. The maximum absolute atomic E-state index is 13.7. The summed E-state index contributed by atoms with van der Waals surface area (Å²) < 4.78 is 32.0. The number of benzene rings is 1. The largest absolute Gasteiger partial charge is 0.467 e. The van der Waals surface area contributed by atoms with Gasteiger partial charge < -0.3 is 19.7 Å². The molecule has 1 fully saturated rings. The highest BCUT2D eigenvalue weighted by Crippen LogP contribution is 2.28. The summed E-state index contributed by atoms with van der Waals surface area (Å²) in [6, 6.07) is 5.55. The van der Waals surface area contributed by atoms with Gasteiger partial charge in [0.05, 0.1) is 12.0 Å². The summed E-state index contributed by atoms with van der Waals surface area (Å²) in [6.07, 6.45) is 2.51. The second kappa shape index (κ2) is 7.00. The number of aliphatic hydroxyl groups is 1. The Labute approximate surface area is 137 Å². The number of hydrogen-bond donors (Lipinski definition) is 2. The van der Waals surface area contributed by atoms with Crippen molar-refractivity contribution in [2.75, 3.05) is 11.9 Å². The number of hydrogen-bond acceptors (Lipinski definition) is 3. The van der Waals surface area contributed by atoms with E-state index in [1.807, 2.05) is 0 Å². The lowest BCUT2D eigenvalue weighted by molar-refractivity contribution is 0.110. The number of carbonyl (C=O) groups excluding carboxylic acids is 1. The van der Waals surface area contributed by atoms with E-state index in [0.717, 1.165) is 31.0 Å². The van der Waals surface area contributed by atoms with Crippen LogP contribution in [0.4, 0.5) is 19.3 Å². The fourth-order valence-electron chi connectivity index (χ4n) is 2.98. The molecule has 0 aliphatic carbocycles. The molecule has 0 bridgehead atoms. The number of likely N-dealkylation sites (tertiary alicyclic amines) is 1. The van der Waals surface area contributed by atoms with Crippen LogP contribution in [0.25, 0.3) is 0 Å². The predicted octanol–water partition coefficient (Wildman–Crippen LogP) is 3.68. The second-order valence-electron chi connectivity index (χ2n) is 5.81. The topological polar surface area (TPSA) is 65.7 Å². The molecule has 2 heterocycles. The molecule has 7 heteroatoms. The van der Waals surface area contributed by atoms with Crippen molar-refractivity contribution in [1.82, 2.24) is 4.90 Å². The quantitative estimate of drug-likeness (QED) is 0.895. The van der Waals surface area contributed by atoms with Gasteiger partial charge in [-0.05, 0) is 37.1 Å². The van der Waals surface area contributed by atoms with E-state index < -0.39 is 23.8 Å². The van der Waals surface area contributed by atoms with Crippen LogP contribution in [0.1, 0.15) is 31.1 Å². The van der Waals surface area contributed by atoms with E-state index in [9.17, 15) is 18.7 Å². The van der Waals surface area contributed by atoms with E-state index in [-0.39, 0.29) is 11.7 Å². The van der Waals surface area contributed by atoms with Crippen molar-refractivity contribution >= 4 is 11.7 Å². The average molecular weight is 336 g/mol. The fourth-order valence-corrected chi connectivity index (χ4v) is 2.98. The average Bonchev–Trinajstić information content (AvgIpc) is 3.22. The number of nitrogens with one attached hydrogen (secondary N) is 1. The number of nitrogens with zero attached hydrogens (tertiary/aromatic N) is 1. The van der Waals surface area contributed by atoms with Gasteiger partial charge in [0, 0.05) is 25.1 Å². The molecule has 2 amide bonds. The van der Waals surface area contributed by atoms with Gasteiger partial charge in [0.25, 0.3) is 0 Å². The molecule has 0 saturated carbocycles. The number of carbonyl (C=O) groups is 1. The second-order valence-corrected chi connectivity index (χ2v) is 5.81. The molecule has 1 aromatic heterocycles. The van der Waals surface area contributed by atoms with Crippen LogP contribution in [-0.2, 0) is 0 Å². The van der Waals surface area contributed by atoms with Gasteiger partial charge in [-0.15, -0.1) is 0 Å². The van der Waals surface area contributed by atoms with Crippen LogP contribution in [0.3, 0.4) is 0 Å². The standard InChI is InChI=1S/C17H18F2N2O3/c18-11-5-6-13(19)14(9-11)20-17(23)21-7-1-3-12(21)10-15(22)16-4-2-8-24-16/h2,4-6,8-9,12,15,22H,1,3,7,10H2,(H,20,23). The molecule has 2 atom stereocenters. The number of rotatable bonds is 4. The van der Waals surface area contributed by atoms with Gasteiger partial charge in [0.1, 0.15) is 23.5 Å². The summed E-state index contributed by atoms with van der Waals surface area (Å²) >= 11 is 0. The Morgan fingerprint density at radius 2 is 2.25 bits per heavy atom. The molecule has 2 aromatic rings. The van der Waals surface area contributed by atoms with Gasteiger partial charge in [-0.2, -0.15) is 0 Å². The van der Waals surface area contributed by atoms with Crippen molar-refractivity contribution in [2.45, 2.75) is 31.4 Å². The summed E-state index contributed by atoms with van der Waals surface area (Å²) in [5.74, 6) is -0.882. The highest BCUT2D eigenvalue weighted by Gasteiger charge is 2.31. The van der Waals surface area contributed by atoms with Crippen LogP contribution in [0.5, 0.6) is 0 Å². The number of furan rings is 1. The molecule has 1 aliphatic rings. The summed E-state index contributed by atoms with van der Waals surface area (Å²) in [6.45, 7) is 0.498. The summed E-state index contributed by atoms with van der Waals surface area (Å²) in [4.78, 5) is 13.9. The van der Waals surface area contributed by atoms with Gasteiger partial charge in [0.15, 0.2) is 0 Å². The molecule has 1 aromatic carbocycles. The van der Waals surface area contributed by atoms with E-state index >= 15 is 0 Å². The minimum atomic E-state index is -0.815. The van der Waals surface area contributed by atoms with Crippen LogP contribution >= 0.6 is 0 Å². The SMILES string of the molecule is O=C(Nc1cc(F)ccc1F)N1CCCC1CC(O)c1ccco1. The Bertz CT molecular complexity index is 706. The summed E-state index contributed by atoms with van der Waals surface area (Å²) in [7, 11) is 0. The van der Waals surface area contributed by atoms with Crippen LogP contribution in [0.2, 0.25) is 0 Å². The third-order valence-corrected chi connectivity index (χ3v) is 4.17. The Morgan fingerprint density at radius 1 is 1.42 bits per heavy atom. The van der Waals surface area contributed by atoms with E-state index in [1.54, 1.807) is 12.1 Å². The Morgan fingerprint density at radius 3 is 3.00 bits per heavy atom. The first-order valence-corrected chi connectivity index (χ1v) is 7.78. The molecule has 1 saturated heterocycles. The molecular weight excluding hydrogens is 318 g/mol. The molecule has 24 heavy (non-hydrogen) atoms. The number of urea groups is 1. The zero-order chi connectivity index (χ0) is 17.1. The Hall–Kier alpha value is -2.41. The van der Waals surface area contributed by atoms with E-state index in [2.05, 4.69) is 5.32 Å². The smallest absolute Gasteiger partial charge is 0.322 e. The van der Waals surface area contributed by atoms with Crippen molar-refractivity contribution in [3.05, 3.63) is 54.0 Å². The van der Waals surface area contributed by atoms with Gasteiger partial charge >= 0.3 is 6.03 Å². The van der Waals surface area contributed by atoms with E-state index in [1.165, 1.54) is 11.2 Å². The first-order valence-electron chi connectivity index (χ1n) is 7.78. The van der Waals surface area contributed by atoms with E-state index in [0.29, 0.717) is 18.7 Å². The van der Waals surface area contributed by atoms with Crippen molar-refractivity contribution in [3.63, 3.8) is 0 Å². The van der Waals surface area contributed by atoms with Crippen molar-refractivity contribution in [2.24, 2.45) is 0 Å². The maximum atomic E-state index is 13.7. The zero-order valence-corrected chi connectivity index (χ0v) is 12.9. The normalized spacial score (nSPS) is 18.6. The van der Waals surface area contributed by atoms with Crippen LogP contribution in [0, 0.1) is 11.6 Å². The zero-order valence-electron chi connectivity index (χ0n) is 12.9. The van der Waals surface area contributed by atoms with Crippen molar-refractivity contribution in [1.29, 1.82) is 0 Å².